The van der Waals surface area contributed by atoms with Gasteiger partial charge in [0.25, 0.3) is 0 Å². The zero-order valence-corrected chi connectivity index (χ0v) is 15.2. The summed E-state index contributed by atoms with van der Waals surface area (Å²) < 4.78 is 54.6. The Morgan fingerprint density at radius 3 is 2.17 bits per heavy atom. The molecule has 132 valence electrons. The molecule has 0 saturated carbocycles. The molecule has 0 atom stereocenters. The molecule has 0 fully saturated rings. The van der Waals surface area contributed by atoms with Crippen molar-refractivity contribution < 1.29 is 21.6 Å². The van der Waals surface area contributed by atoms with Crippen LogP contribution >= 0.6 is 0 Å². The van der Waals surface area contributed by atoms with Gasteiger partial charge in [-0.15, -0.1) is 0 Å². The summed E-state index contributed by atoms with van der Waals surface area (Å²) in [6, 6.07) is 5.77. The van der Waals surface area contributed by atoms with Crippen LogP contribution in [-0.4, -0.2) is 47.0 Å². The van der Waals surface area contributed by atoms with Crippen molar-refractivity contribution in [3.05, 3.63) is 24.3 Å². The fourth-order valence-corrected chi connectivity index (χ4v) is 3.36. The quantitative estimate of drug-likeness (QED) is 0.660. The maximum absolute atomic E-state index is 12.1. The number of benzene rings is 1. The summed E-state index contributed by atoms with van der Waals surface area (Å²) in [5, 5.41) is 0. The van der Waals surface area contributed by atoms with E-state index < -0.39 is 25.4 Å². The van der Waals surface area contributed by atoms with Gasteiger partial charge in [-0.2, -0.15) is 0 Å². The van der Waals surface area contributed by atoms with Crippen molar-refractivity contribution in [2.45, 2.75) is 31.2 Å². The zero-order chi connectivity index (χ0) is 17.7. The summed E-state index contributed by atoms with van der Waals surface area (Å²) in [5.74, 6) is 0.405. The van der Waals surface area contributed by atoms with E-state index in [2.05, 4.69) is 4.72 Å². The molecule has 0 aliphatic heterocycles. The van der Waals surface area contributed by atoms with E-state index in [-0.39, 0.29) is 29.6 Å². The molecular formula is C14H24N2O5S2. The van der Waals surface area contributed by atoms with Gasteiger partial charge in [-0.3, -0.25) is 0 Å². The lowest BCUT2D eigenvalue weighted by atomic mass is 10.1. The molecule has 1 aromatic carbocycles. The van der Waals surface area contributed by atoms with Crippen LogP contribution in [0.2, 0.25) is 0 Å². The van der Waals surface area contributed by atoms with E-state index in [1.807, 2.05) is 0 Å². The number of sulfone groups is 1. The third-order valence-electron chi connectivity index (χ3n) is 2.95. The van der Waals surface area contributed by atoms with Crippen LogP contribution in [0.25, 0.3) is 0 Å². The smallest absolute Gasteiger partial charge is 0.240 e. The second kappa shape index (κ2) is 7.61. The fourth-order valence-electron chi connectivity index (χ4n) is 1.51. The first-order valence-corrected chi connectivity index (χ1v) is 10.5. The molecule has 1 aromatic rings. The average Bonchev–Trinajstić information content (AvgIpc) is 2.45. The molecule has 0 unspecified atom stereocenters. The summed E-state index contributed by atoms with van der Waals surface area (Å²) in [7, 11) is -6.72. The van der Waals surface area contributed by atoms with Crippen LogP contribution in [0.3, 0.4) is 0 Å². The Balaban J connectivity index is 2.66. The van der Waals surface area contributed by atoms with Crippen molar-refractivity contribution >= 4 is 19.9 Å². The van der Waals surface area contributed by atoms with Crippen LogP contribution in [0.4, 0.5) is 0 Å². The van der Waals surface area contributed by atoms with Crippen LogP contribution in [0.5, 0.6) is 5.75 Å². The van der Waals surface area contributed by atoms with Crippen molar-refractivity contribution in [3.63, 3.8) is 0 Å². The van der Waals surface area contributed by atoms with Gasteiger partial charge in [0.05, 0.1) is 10.6 Å². The SMILES string of the molecule is CCS(=O)(=O)CCOc1ccc(S(=O)(=O)NCC(C)(C)N)cc1. The number of ether oxygens (including phenoxy) is 1. The van der Waals surface area contributed by atoms with Crippen molar-refractivity contribution in [2.75, 3.05) is 24.7 Å². The number of hydrogen-bond donors (Lipinski definition) is 2. The van der Waals surface area contributed by atoms with Crippen LogP contribution < -0.4 is 15.2 Å². The molecule has 1 rings (SSSR count). The minimum atomic E-state index is -3.64. The predicted octanol–water partition coefficient (Wildman–Crippen LogP) is 0.516. The normalized spacial score (nSPS) is 13.0. The van der Waals surface area contributed by atoms with E-state index in [0.717, 1.165) is 0 Å². The van der Waals surface area contributed by atoms with Gasteiger partial charge in [0, 0.05) is 17.8 Å². The zero-order valence-electron chi connectivity index (χ0n) is 13.6. The highest BCUT2D eigenvalue weighted by Gasteiger charge is 2.18. The minimum Gasteiger partial charge on any atom is -0.493 e. The van der Waals surface area contributed by atoms with E-state index in [0.29, 0.717) is 5.75 Å². The molecule has 0 saturated heterocycles. The Labute approximate surface area is 138 Å². The van der Waals surface area contributed by atoms with Gasteiger partial charge in [-0.05, 0) is 38.1 Å². The first-order valence-electron chi connectivity index (χ1n) is 7.17. The summed E-state index contributed by atoms with van der Waals surface area (Å²) >= 11 is 0. The topological polar surface area (TPSA) is 116 Å². The van der Waals surface area contributed by atoms with E-state index >= 15 is 0 Å². The molecule has 9 heteroatoms. The lowest BCUT2D eigenvalue weighted by molar-refractivity contribution is 0.340. The maximum atomic E-state index is 12.1. The van der Waals surface area contributed by atoms with E-state index in [1.54, 1.807) is 20.8 Å². The second-order valence-corrected chi connectivity index (χ2v) is 10.1. The minimum absolute atomic E-state index is 0.0296. The van der Waals surface area contributed by atoms with Crippen molar-refractivity contribution in [3.8, 4) is 5.75 Å². The molecule has 0 aromatic heterocycles. The van der Waals surface area contributed by atoms with Gasteiger partial charge in [0.1, 0.15) is 12.4 Å². The standard InChI is InChI=1S/C14H24N2O5S2/c1-4-22(17,18)10-9-21-12-5-7-13(8-6-12)23(19,20)16-11-14(2,3)15/h5-8,16H,4,9-11,15H2,1-3H3. The number of nitrogens with one attached hydrogen (secondary N) is 1. The van der Waals surface area contributed by atoms with Crippen LogP contribution in [0.1, 0.15) is 20.8 Å². The molecule has 0 heterocycles. The molecule has 7 nitrogen and oxygen atoms in total. The first-order chi connectivity index (χ1) is 10.5. The third kappa shape index (κ3) is 7.30. The van der Waals surface area contributed by atoms with Crippen LogP contribution in [0.15, 0.2) is 29.2 Å². The van der Waals surface area contributed by atoms with Crippen LogP contribution in [0, 0.1) is 0 Å². The molecule has 0 radical (unpaired) electrons. The van der Waals surface area contributed by atoms with Gasteiger partial charge in [-0.25, -0.2) is 21.6 Å². The summed E-state index contributed by atoms with van der Waals surface area (Å²) in [6.45, 7) is 5.16. The molecule has 0 amide bonds. The molecule has 3 N–H and O–H groups in total. The Hall–Kier alpha value is -1.16. The monoisotopic (exact) mass is 364 g/mol. The highest BCUT2D eigenvalue weighted by Crippen LogP contribution is 2.16. The van der Waals surface area contributed by atoms with Gasteiger partial charge < -0.3 is 10.5 Å². The van der Waals surface area contributed by atoms with E-state index in [4.69, 9.17) is 10.5 Å². The average molecular weight is 364 g/mol. The molecule has 0 bridgehead atoms. The van der Waals surface area contributed by atoms with E-state index in [9.17, 15) is 16.8 Å². The molecular weight excluding hydrogens is 340 g/mol. The Kier molecular flexibility index (Phi) is 6.58. The lowest BCUT2D eigenvalue weighted by Gasteiger charge is -2.19. The Bertz CT molecular complexity index is 705. The number of sulfonamides is 1. The van der Waals surface area contributed by atoms with Crippen molar-refractivity contribution in [2.24, 2.45) is 5.73 Å². The second-order valence-electron chi connectivity index (χ2n) is 5.87. The van der Waals surface area contributed by atoms with Gasteiger partial charge in [0.2, 0.25) is 10.0 Å². The molecule has 0 spiro atoms. The Morgan fingerprint density at radius 1 is 1.13 bits per heavy atom. The van der Waals surface area contributed by atoms with Gasteiger partial charge in [-0.1, -0.05) is 6.92 Å². The fraction of sp³-hybridized carbons (Fsp3) is 0.571. The molecule has 0 aliphatic carbocycles. The van der Waals surface area contributed by atoms with E-state index in [1.165, 1.54) is 24.3 Å². The first kappa shape index (κ1) is 19.9. The summed E-state index contributed by atoms with van der Waals surface area (Å²) in [6.07, 6.45) is 0. The largest absolute Gasteiger partial charge is 0.493 e. The maximum Gasteiger partial charge on any atom is 0.240 e. The Morgan fingerprint density at radius 2 is 1.70 bits per heavy atom. The highest BCUT2D eigenvalue weighted by atomic mass is 32.2. The van der Waals surface area contributed by atoms with Gasteiger partial charge in [0.15, 0.2) is 9.84 Å². The summed E-state index contributed by atoms with van der Waals surface area (Å²) in [5.41, 5.74) is 5.10. The van der Waals surface area contributed by atoms with Crippen molar-refractivity contribution in [1.29, 1.82) is 0 Å². The molecule has 23 heavy (non-hydrogen) atoms. The summed E-state index contributed by atoms with van der Waals surface area (Å²) in [4.78, 5) is 0.0929. The van der Waals surface area contributed by atoms with Crippen molar-refractivity contribution in [1.82, 2.24) is 4.72 Å². The predicted molar refractivity (Wildman–Crippen MR) is 89.7 cm³/mol. The lowest BCUT2D eigenvalue weighted by Crippen LogP contribution is -2.45. The van der Waals surface area contributed by atoms with Crippen LogP contribution in [-0.2, 0) is 19.9 Å². The third-order valence-corrected chi connectivity index (χ3v) is 6.04. The molecule has 0 aliphatic rings. The number of nitrogens with two attached hydrogens (primary N) is 1. The number of rotatable bonds is 9. The number of hydrogen-bond acceptors (Lipinski definition) is 6. The highest BCUT2D eigenvalue weighted by molar-refractivity contribution is 7.91. The van der Waals surface area contributed by atoms with Gasteiger partial charge >= 0.3 is 0 Å².